The average Bonchev–Trinajstić information content (AvgIpc) is 3.18. The lowest BCUT2D eigenvalue weighted by atomic mass is 9.98. The molecular weight excluding hydrogens is 320 g/mol. The number of rotatable bonds is 4. The largest absolute Gasteiger partial charge is 0.337 e. The maximum absolute atomic E-state index is 12.6. The lowest BCUT2D eigenvalue weighted by Crippen LogP contribution is -2.42. The van der Waals surface area contributed by atoms with E-state index in [2.05, 4.69) is 15.5 Å². The van der Waals surface area contributed by atoms with Crippen molar-refractivity contribution in [3.63, 3.8) is 0 Å². The fourth-order valence-corrected chi connectivity index (χ4v) is 3.55. The van der Waals surface area contributed by atoms with Gasteiger partial charge in [-0.2, -0.15) is 5.10 Å². The van der Waals surface area contributed by atoms with Gasteiger partial charge in [-0.15, -0.1) is 23.7 Å². The highest BCUT2D eigenvalue weighted by atomic mass is 35.5. The van der Waals surface area contributed by atoms with Gasteiger partial charge in [0.15, 0.2) is 5.69 Å². The van der Waals surface area contributed by atoms with Gasteiger partial charge in [0.2, 0.25) is 0 Å². The van der Waals surface area contributed by atoms with Gasteiger partial charge in [-0.25, -0.2) is 0 Å². The first-order valence-electron chi connectivity index (χ1n) is 7.31. The summed E-state index contributed by atoms with van der Waals surface area (Å²) in [5.74, 6) is 0.582. The van der Waals surface area contributed by atoms with Crippen molar-refractivity contribution >= 4 is 29.7 Å². The summed E-state index contributed by atoms with van der Waals surface area (Å²) in [5.41, 5.74) is 1.43. The standard InChI is InChI=1S/C15H20N4OS.ClH/c1-16-9-11-4-2-6-19(10-11)15(20)13-8-12(17-18-13)14-5-3-7-21-14;/h3,5,7-8,11,16H,2,4,6,9-10H2,1H3,(H,17,18);1H. The lowest BCUT2D eigenvalue weighted by molar-refractivity contribution is 0.0668. The lowest BCUT2D eigenvalue weighted by Gasteiger charge is -2.32. The average molecular weight is 341 g/mol. The molecule has 3 heterocycles. The van der Waals surface area contributed by atoms with Crippen molar-refractivity contribution in [1.82, 2.24) is 20.4 Å². The van der Waals surface area contributed by atoms with E-state index in [0.29, 0.717) is 11.6 Å². The van der Waals surface area contributed by atoms with Crippen LogP contribution >= 0.6 is 23.7 Å². The van der Waals surface area contributed by atoms with E-state index < -0.39 is 0 Å². The first-order chi connectivity index (χ1) is 10.3. The Balaban J connectivity index is 0.00000176. The van der Waals surface area contributed by atoms with Crippen molar-refractivity contribution in [2.24, 2.45) is 5.92 Å². The Kier molecular flexibility index (Phi) is 5.99. The number of likely N-dealkylation sites (tertiary alicyclic amines) is 1. The van der Waals surface area contributed by atoms with Crippen molar-refractivity contribution in [2.45, 2.75) is 12.8 Å². The molecule has 0 aromatic carbocycles. The second kappa shape index (κ2) is 7.76. The zero-order chi connectivity index (χ0) is 14.7. The molecule has 1 atom stereocenters. The van der Waals surface area contributed by atoms with Crippen LogP contribution in [0.2, 0.25) is 0 Å². The number of H-pyrrole nitrogens is 1. The summed E-state index contributed by atoms with van der Waals surface area (Å²) in [7, 11) is 1.96. The van der Waals surface area contributed by atoms with Crippen LogP contribution in [0.1, 0.15) is 23.3 Å². The van der Waals surface area contributed by atoms with E-state index in [-0.39, 0.29) is 18.3 Å². The number of carbonyl (C=O) groups excluding carboxylic acids is 1. The van der Waals surface area contributed by atoms with Gasteiger partial charge in [0.25, 0.3) is 5.91 Å². The molecule has 3 rings (SSSR count). The van der Waals surface area contributed by atoms with E-state index in [4.69, 9.17) is 0 Å². The highest BCUT2D eigenvalue weighted by Crippen LogP contribution is 2.24. The molecular formula is C15H21ClN4OS. The van der Waals surface area contributed by atoms with Gasteiger partial charge in [0.05, 0.1) is 10.6 Å². The van der Waals surface area contributed by atoms with Crippen LogP contribution in [0.15, 0.2) is 23.6 Å². The second-order valence-electron chi connectivity index (χ2n) is 5.46. The van der Waals surface area contributed by atoms with Gasteiger partial charge in [-0.1, -0.05) is 6.07 Å². The number of aromatic nitrogens is 2. The molecule has 0 spiro atoms. The number of halogens is 1. The molecule has 1 amide bonds. The van der Waals surface area contributed by atoms with Crippen LogP contribution in [0.4, 0.5) is 0 Å². The van der Waals surface area contributed by atoms with Gasteiger partial charge >= 0.3 is 0 Å². The molecule has 0 saturated carbocycles. The third-order valence-corrected chi connectivity index (χ3v) is 4.79. The van der Waals surface area contributed by atoms with E-state index in [1.54, 1.807) is 11.3 Å². The van der Waals surface area contributed by atoms with Crippen LogP contribution in [0, 0.1) is 5.92 Å². The first kappa shape index (κ1) is 17.0. The zero-order valence-corrected chi connectivity index (χ0v) is 14.2. The van der Waals surface area contributed by atoms with Gasteiger partial charge in [-0.3, -0.25) is 9.89 Å². The van der Waals surface area contributed by atoms with Crippen molar-refractivity contribution in [3.8, 4) is 10.6 Å². The Hall–Kier alpha value is -1.37. The van der Waals surface area contributed by atoms with E-state index in [0.717, 1.165) is 36.6 Å². The highest BCUT2D eigenvalue weighted by Gasteiger charge is 2.25. The minimum Gasteiger partial charge on any atom is -0.337 e. The topological polar surface area (TPSA) is 61.0 Å². The van der Waals surface area contributed by atoms with Crippen LogP contribution in [-0.4, -0.2) is 47.7 Å². The monoisotopic (exact) mass is 340 g/mol. The number of hydrogen-bond donors (Lipinski definition) is 2. The number of nitrogens with zero attached hydrogens (tertiary/aromatic N) is 2. The molecule has 1 fully saturated rings. The molecule has 1 aliphatic rings. The molecule has 0 radical (unpaired) electrons. The van der Waals surface area contributed by atoms with E-state index >= 15 is 0 Å². The fraction of sp³-hybridized carbons (Fsp3) is 0.467. The molecule has 2 aromatic rings. The Morgan fingerprint density at radius 2 is 2.45 bits per heavy atom. The van der Waals surface area contributed by atoms with Gasteiger partial charge < -0.3 is 10.2 Å². The molecule has 1 unspecified atom stereocenters. The Morgan fingerprint density at radius 3 is 3.18 bits per heavy atom. The molecule has 0 bridgehead atoms. The summed E-state index contributed by atoms with van der Waals surface area (Å²) in [5, 5.41) is 12.4. The zero-order valence-electron chi connectivity index (χ0n) is 12.5. The predicted molar refractivity (Wildman–Crippen MR) is 91.7 cm³/mol. The molecule has 22 heavy (non-hydrogen) atoms. The minimum atomic E-state index is 0. The van der Waals surface area contributed by atoms with Crippen molar-refractivity contribution in [1.29, 1.82) is 0 Å². The van der Waals surface area contributed by atoms with E-state index in [9.17, 15) is 4.79 Å². The summed E-state index contributed by atoms with van der Waals surface area (Å²) in [6.45, 7) is 2.62. The summed E-state index contributed by atoms with van der Waals surface area (Å²) < 4.78 is 0. The van der Waals surface area contributed by atoms with Gasteiger partial charge in [0, 0.05) is 13.1 Å². The smallest absolute Gasteiger partial charge is 0.274 e. The van der Waals surface area contributed by atoms with Crippen molar-refractivity contribution < 1.29 is 4.79 Å². The third-order valence-electron chi connectivity index (χ3n) is 3.88. The van der Waals surface area contributed by atoms with Crippen LogP contribution < -0.4 is 5.32 Å². The predicted octanol–water partition coefficient (Wildman–Crippen LogP) is 2.63. The number of carbonyl (C=O) groups is 1. The minimum absolute atomic E-state index is 0. The third kappa shape index (κ3) is 3.69. The molecule has 2 N–H and O–H groups in total. The van der Waals surface area contributed by atoms with Crippen LogP contribution in [0.25, 0.3) is 10.6 Å². The highest BCUT2D eigenvalue weighted by molar-refractivity contribution is 7.13. The number of thiophene rings is 1. The molecule has 1 saturated heterocycles. The van der Waals surface area contributed by atoms with Gasteiger partial charge in [-0.05, 0) is 49.9 Å². The van der Waals surface area contributed by atoms with Crippen molar-refractivity contribution in [2.75, 3.05) is 26.7 Å². The number of aromatic amines is 1. The maximum Gasteiger partial charge on any atom is 0.274 e. The van der Waals surface area contributed by atoms with Gasteiger partial charge in [0.1, 0.15) is 0 Å². The molecule has 1 aliphatic heterocycles. The Morgan fingerprint density at radius 1 is 1.59 bits per heavy atom. The fourth-order valence-electron chi connectivity index (χ4n) is 2.86. The van der Waals surface area contributed by atoms with E-state index in [1.165, 1.54) is 6.42 Å². The SMILES string of the molecule is CNCC1CCCN(C(=O)c2cc(-c3cccs3)[nH]n2)C1.Cl. The molecule has 2 aromatic heterocycles. The Labute approximate surface area is 140 Å². The quantitative estimate of drug-likeness (QED) is 0.899. The van der Waals surface area contributed by atoms with Crippen LogP contribution in [0.5, 0.6) is 0 Å². The molecule has 7 heteroatoms. The number of piperidine rings is 1. The molecule has 120 valence electrons. The molecule has 5 nitrogen and oxygen atoms in total. The van der Waals surface area contributed by atoms with Crippen molar-refractivity contribution in [3.05, 3.63) is 29.3 Å². The normalized spacial score (nSPS) is 18.0. The first-order valence-corrected chi connectivity index (χ1v) is 8.19. The maximum atomic E-state index is 12.6. The molecule has 0 aliphatic carbocycles. The summed E-state index contributed by atoms with van der Waals surface area (Å²) >= 11 is 1.64. The number of hydrogen-bond acceptors (Lipinski definition) is 4. The number of nitrogens with one attached hydrogen (secondary N) is 2. The van der Waals surface area contributed by atoms with Crippen LogP contribution in [0.3, 0.4) is 0 Å². The summed E-state index contributed by atoms with van der Waals surface area (Å²) in [6, 6.07) is 5.88. The Bertz CT molecular complexity index is 596. The summed E-state index contributed by atoms with van der Waals surface area (Å²) in [6.07, 6.45) is 2.26. The van der Waals surface area contributed by atoms with E-state index in [1.807, 2.05) is 35.5 Å². The number of amides is 1. The van der Waals surface area contributed by atoms with Crippen LogP contribution in [-0.2, 0) is 0 Å². The summed E-state index contributed by atoms with van der Waals surface area (Å²) in [4.78, 5) is 15.6. The second-order valence-corrected chi connectivity index (χ2v) is 6.41.